The van der Waals surface area contributed by atoms with Gasteiger partial charge in [0.25, 0.3) is 0 Å². The Bertz CT molecular complexity index is 324. The van der Waals surface area contributed by atoms with Crippen LogP contribution in [0.15, 0.2) is 0 Å². The van der Waals surface area contributed by atoms with Crippen molar-refractivity contribution >= 4 is 33.0 Å². The minimum Gasteiger partial charge on any atom is -0.393 e. The van der Waals surface area contributed by atoms with E-state index in [1.165, 1.54) is 11.9 Å². The number of nitrogens with two attached hydrogens (primary N) is 1. The zero-order valence-electron chi connectivity index (χ0n) is 8.19. The maximum absolute atomic E-state index is 11.2. The van der Waals surface area contributed by atoms with Crippen molar-refractivity contribution in [3.8, 4) is 0 Å². The van der Waals surface area contributed by atoms with Gasteiger partial charge < -0.3 is 10.6 Å². The maximum atomic E-state index is 11.2. The number of sulfone groups is 1. The Labute approximate surface area is 89.2 Å². The van der Waals surface area contributed by atoms with E-state index in [-0.39, 0.29) is 0 Å². The lowest BCUT2D eigenvalue weighted by molar-refractivity contribution is -0.127. The third-order valence-electron chi connectivity index (χ3n) is 1.51. The van der Waals surface area contributed by atoms with Crippen LogP contribution in [0.2, 0.25) is 0 Å². The third kappa shape index (κ3) is 6.79. The summed E-state index contributed by atoms with van der Waals surface area (Å²) in [5.41, 5.74) is 5.24. The molecule has 0 spiro atoms. The summed E-state index contributed by atoms with van der Waals surface area (Å²) in [6, 6.07) is 0. The van der Waals surface area contributed by atoms with Gasteiger partial charge in [0.2, 0.25) is 5.91 Å². The van der Waals surface area contributed by atoms with Crippen LogP contribution in [0.4, 0.5) is 0 Å². The van der Waals surface area contributed by atoms with Gasteiger partial charge in [-0.1, -0.05) is 12.2 Å². The highest BCUT2D eigenvalue weighted by Crippen LogP contribution is 1.93. The van der Waals surface area contributed by atoms with Gasteiger partial charge in [-0.25, -0.2) is 8.42 Å². The smallest absolute Gasteiger partial charge is 0.237 e. The standard InChI is InChI=1S/C7H14N2O3S2/c1-9(4-3-6(8)13)7(10)5-14(2,11)12/h3-5H2,1-2H3,(H2,8,13). The van der Waals surface area contributed by atoms with Gasteiger partial charge in [0, 0.05) is 26.3 Å². The van der Waals surface area contributed by atoms with Crippen molar-refractivity contribution in [3.05, 3.63) is 0 Å². The van der Waals surface area contributed by atoms with E-state index in [1.807, 2.05) is 0 Å². The second-order valence-corrected chi connectivity index (χ2v) is 5.77. The van der Waals surface area contributed by atoms with Crippen molar-refractivity contribution in [3.63, 3.8) is 0 Å². The molecule has 0 heterocycles. The van der Waals surface area contributed by atoms with E-state index in [1.54, 1.807) is 0 Å². The lowest BCUT2D eigenvalue weighted by Gasteiger charge is -2.15. The Morgan fingerprint density at radius 2 is 2.00 bits per heavy atom. The van der Waals surface area contributed by atoms with Crippen LogP contribution in [0.1, 0.15) is 6.42 Å². The van der Waals surface area contributed by atoms with Crippen LogP contribution < -0.4 is 5.73 Å². The SMILES string of the molecule is CN(CCC(N)=S)C(=O)CS(C)(=O)=O. The normalized spacial score (nSPS) is 11.0. The number of nitrogens with zero attached hydrogens (tertiary/aromatic N) is 1. The quantitative estimate of drug-likeness (QED) is 0.632. The van der Waals surface area contributed by atoms with Crippen molar-refractivity contribution in [1.29, 1.82) is 0 Å². The number of carbonyl (C=O) groups is 1. The van der Waals surface area contributed by atoms with Crippen LogP contribution in [-0.2, 0) is 14.6 Å². The molecule has 82 valence electrons. The summed E-state index contributed by atoms with van der Waals surface area (Å²) in [5.74, 6) is -0.912. The number of thiocarbonyl (C=S) groups is 1. The molecule has 2 N–H and O–H groups in total. The predicted molar refractivity (Wildman–Crippen MR) is 58.8 cm³/mol. The fraction of sp³-hybridized carbons (Fsp3) is 0.714. The van der Waals surface area contributed by atoms with E-state index in [0.717, 1.165) is 6.26 Å². The summed E-state index contributed by atoms with van der Waals surface area (Å²) in [6.45, 7) is 0.351. The van der Waals surface area contributed by atoms with Gasteiger partial charge in [-0.05, 0) is 0 Å². The van der Waals surface area contributed by atoms with E-state index in [0.29, 0.717) is 18.0 Å². The number of carbonyl (C=O) groups excluding carboxylic acids is 1. The molecule has 0 aliphatic rings. The highest BCUT2D eigenvalue weighted by atomic mass is 32.2. The van der Waals surface area contributed by atoms with Crippen LogP contribution in [-0.4, -0.2) is 49.8 Å². The Morgan fingerprint density at radius 1 is 1.50 bits per heavy atom. The Balaban J connectivity index is 4.07. The van der Waals surface area contributed by atoms with Crippen LogP contribution in [0, 0.1) is 0 Å². The zero-order chi connectivity index (χ0) is 11.4. The summed E-state index contributed by atoms with van der Waals surface area (Å²) in [6.07, 6.45) is 1.42. The molecular weight excluding hydrogens is 224 g/mol. The molecule has 0 saturated heterocycles. The molecule has 0 unspecified atom stereocenters. The van der Waals surface area contributed by atoms with Gasteiger partial charge >= 0.3 is 0 Å². The third-order valence-corrected chi connectivity index (χ3v) is 2.48. The Hall–Kier alpha value is -0.690. The fourth-order valence-electron chi connectivity index (χ4n) is 0.737. The summed E-state index contributed by atoms with van der Waals surface area (Å²) in [7, 11) is -1.74. The van der Waals surface area contributed by atoms with Crippen LogP contribution in [0.3, 0.4) is 0 Å². The summed E-state index contributed by atoms with van der Waals surface area (Å²) in [4.78, 5) is 12.8. The lowest BCUT2D eigenvalue weighted by atomic mass is 10.4. The molecule has 5 nitrogen and oxygen atoms in total. The second-order valence-electron chi connectivity index (χ2n) is 3.10. The van der Waals surface area contributed by atoms with Crippen LogP contribution in [0.25, 0.3) is 0 Å². The zero-order valence-corrected chi connectivity index (χ0v) is 9.82. The van der Waals surface area contributed by atoms with Crippen LogP contribution >= 0.6 is 12.2 Å². The molecule has 0 aromatic carbocycles. The number of rotatable bonds is 5. The first-order valence-corrected chi connectivity index (χ1v) is 6.39. The van der Waals surface area contributed by atoms with Gasteiger partial charge in [0.05, 0.1) is 4.99 Å². The molecule has 0 aromatic rings. The number of hydrogen-bond donors (Lipinski definition) is 1. The van der Waals surface area contributed by atoms with Gasteiger partial charge in [0.15, 0.2) is 9.84 Å². The van der Waals surface area contributed by atoms with Gasteiger partial charge in [-0.15, -0.1) is 0 Å². The average molecular weight is 238 g/mol. The van der Waals surface area contributed by atoms with E-state index < -0.39 is 21.5 Å². The summed E-state index contributed by atoms with van der Waals surface area (Å²) in [5, 5.41) is 0. The molecule has 1 amide bonds. The topological polar surface area (TPSA) is 80.5 Å². The fourth-order valence-corrected chi connectivity index (χ4v) is 1.50. The highest BCUT2D eigenvalue weighted by molar-refractivity contribution is 7.91. The summed E-state index contributed by atoms with van der Waals surface area (Å²) >= 11 is 4.63. The van der Waals surface area contributed by atoms with E-state index in [4.69, 9.17) is 5.73 Å². The Kier molecular flexibility index (Phi) is 5.00. The number of amides is 1. The average Bonchev–Trinajstić information content (AvgIpc) is 1.96. The molecule has 0 atom stereocenters. The first kappa shape index (κ1) is 13.3. The highest BCUT2D eigenvalue weighted by Gasteiger charge is 2.14. The minimum atomic E-state index is -3.26. The molecule has 0 saturated carbocycles. The first-order valence-electron chi connectivity index (χ1n) is 3.92. The van der Waals surface area contributed by atoms with E-state index in [2.05, 4.69) is 12.2 Å². The molecule has 0 aromatic heterocycles. The van der Waals surface area contributed by atoms with Crippen molar-refractivity contribution in [2.24, 2.45) is 5.73 Å². The lowest BCUT2D eigenvalue weighted by Crippen LogP contribution is -2.34. The van der Waals surface area contributed by atoms with E-state index >= 15 is 0 Å². The van der Waals surface area contributed by atoms with Gasteiger partial charge in [-0.2, -0.15) is 0 Å². The first-order chi connectivity index (χ1) is 6.22. The molecule has 14 heavy (non-hydrogen) atoms. The van der Waals surface area contributed by atoms with Crippen molar-refractivity contribution < 1.29 is 13.2 Å². The van der Waals surface area contributed by atoms with Crippen LogP contribution in [0.5, 0.6) is 0 Å². The largest absolute Gasteiger partial charge is 0.393 e. The molecule has 0 rings (SSSR count). The van der Waals surface area contributed by atoms with Crippen molar-refractivity contribution in [2.45, 2.75) is 6.42 Å². The molecular formula is C7H14N2O3S2. The van der Waals surface area contributed by atoms with Gasteiger partial charge in [0.1, 0.15) is 5.75 Å². The van der Waals surface area contributed by atoms with E-state index in [9.17, 15) is 13.2 Å². The Morgan fingerprint density at radius 3 is 2.36 bits per heavy atom. The molecule has 0 fully saturated rings. The monoisotopic (exact) mass is 238 g/mol. The molecule has 0 aliphatic heterocycles. The van der Waals surface area contributed by atoms with Gasteiger partial charge in [-0.3, -0.25) is 4.79 Å². The van der Waals surface area contributed by atoms with Crippen molar-refractivity contribution in [2.75, 3.05) is 25.6 Å². The molecule has 0 bridgehead atoms. The second kappa shape index (κ2) is 5.26. The predicted octanol–water partition coefficient (Wildman–Crippen LogP) is -0.834. The maximum Gasteiger partial charge on any atom is 0.237 e. The minimum absolute atomic E-state index is 0.309. The molecule has 0 radical (unpaired) electrons. The molecule has 0 aliphatic carbocycles. The molecule has 7 heteroatoms. The summed E-state index contributed by atoms with van der Waals surface area (Å²) < 4.78 is 21.6. The number of hydrogen-bond acceptors (Lipinski definition) is 4. The van der Waals surface area contributed by atoms with Crippen molar-refractivity contribution in [1.82, 2.24) is 4.90 Å².